The lowest BCUT2D eigenvalue weighted by Gasteiger charge is -2.37. The van der Waals surface area contributed by atoms with E-state index in [9.17, 15) is 4.79 Å². The Bertz CT molecular complexity index is 336. The standard InChI is InChI=1S/C18H36N2O2/c1-17(2,3)20(16(21)22-18(4,5)6)13-12-19-14-15-10-8-7-9-11-15/h15,19H,7-14H2,1-6H3. The first-order valence-corrected chi connectivity index (χ1v) is 8.81. The fraction of sp³-hybridized carbons (Fsp3) is 0.944. The summed E-state index contributed by atoms with van der Waals surface area (Å²) in [7, 11) is 0. The fourth-order valence-corrected chi connectivity index (χ4v) is 2.91. The molecule has 4 nitrogen and oxygen atoms in total. The van der Waals surface area contributed by atoms with Gasteiger partial charge in [0.05, 0.1) is 0 Å². The largest absolute Gasteiger partial charge is 0.444 e. The van der Waals surface area contributed by atoms with E-state index in [4.69, 9.17) is 4.74 Å². The molecule has 0 unspecified atom stereocenters. The van der Waals surface area contributed by atoms with Crippen LogP contribution in [0.4, 0.5) is 4.79 Å². The van der Waals surface area contributed by atoms with Crippen molar-refractivity contribution in [1.82, 2.24) is 10.2 Å². The maximum absolute atomic E-state index is 12.4. The number of nitrogens with one attached hydrogen (secondary N) is 1. The topological polar surface area (TPSA) is 41.6 Å². The van der Waals surface area contributed by atoms with Crippen molar-refractivity contribution in [2.75, 3.05) is 19.6 Å². The maximum Gasteiger partial charge on any atom is 0.410 e. The number of rotatable bonds is 5. The second-order valence-corrected chi connectivity index (χ2v) is 8.51. The van der Waals surface area contributed by atoms with Gasteiger partial charge in [-0.1, -0.05) is 19.3 Å². The average Bonchev–Trinajstić information content (AvgIpc) is 2.36. The van der Waals surface area contributed by atoms with E-state index >= 15 is 0 Å². The molecule has 1 amide bonds. The van der Waals surface area contributed by atoms with E-state index < -0.39 is 5.60 Å². The van der Waals surface area contributed by atoms with Crippen LogP contribution in [0.15, 0.2) is 0 Å². The third kappa shape index (κ3) is 7.48. The van der Waals surface area contributed by atoms with Crippen LogP contribution in [0, 0.1) is 5.92 Å². The summed E-state index contributed by atoms with van der Waals surface area (Å²) in [6, 6.07) is 0. The summed E-state index contributed by atoms with van der Waals surface area (Å²) in [6.45, 7) is 14.5. The van der Waals surface area contributed by atoms with Crippen molar-refractivity contribution < 1.29 is 9.53 Å². The Kier molecular flexibility index (Phi) is 7.17. The molecule has 0 saturated heterocycles. The summed E-state index contributed by atoms with van der Waals surface area (Å²) in [5, 5.41) is 3.53. The van der Waals surface area contributed by atoms with Crippen LogP contribution in [0.3, 0.4) is 0 Å². The molecule has 1 aliphatic rings. The lowest BCUT2D eigenvalue weighted by atomic mass is 9.89. The first kappa shape index (κ1) is 19.3. The van der Waals surface area contributed by atoms with Crippen molar-refractivity contribution in [1.29, 1.82) is 0 Å². The number of amides is 1. The molecule has 22 heavy (non-hydrogen) atoms. The molecular formula is C18H36N2O2. The molecule has 130 valence electrons. The fourth-order valence-electron chi connectivity index (χ4n) is 2.91. The van der Waals surface area contributed by atoms with Gasteiger partial charge in [0, 0.05) is 18.6 Å². The Morgan fingerprint density at radius 3 is 2.18 bits per heavy atom. The van der Waals surface area contributed by atoms with Gasteiger partial charge in [0.1, 0.15) is 5.60 Å². The monoisotopic (exact) mass is 312 g/mol. The molecule has 0 bridgehead atoms. The van der Waals surface area contributed by atoms with Crippen LogP contribution in [-0.2, 0) is 4.74 Å². The van der Waals surface area contributed by atoms with E-state index in [1.54, 1.807) is 0 Å². The van der Waals surface area contributed by atoms with Crippen molar-refractivity contribution in [3.63, 3.8) is 0 Å². The second kappa shape index (κ2) is 8.19. The van der Waals surface area contributed by atoms with Crippen molar-refractivity contribution >= 4 is 6.09 Å². The van der Waals surface area contributed by atoms with Gasteiger partial charge in [-0.25, -0.2) is 4.79 Å². The van der Waals surface area contributed by atoms with E-state index in [1.807, 2.05) is 25.7 Å². The first-order valence-electron chi connectivity index (χ1n) is 8.81. The van der Waals surface area contributed by atoms with Crippen LogP contribution in [0.25, 0.3) is 0 Å². The van der Waals surface area contributed by atoms with Gasteiger partial charge < -0.3 is 15.0 Å². The van der Waals surface area contributed by atoms with Crippen molar-refractivity contribution in [2.24, 2.45) is 5.92 Å². The first-order chi connectivity index (χ1) is 10.1. The smallest absolute Gasteiger partial charge is 0.410 e. The van der Waals surface area contributed by atoms with Gasteiger partial charge >= 0.3 is 6.09 Å². The molecule has 1 fully saturated rings. The SMILES string of the molecule is CC(C)(C)OC(=O)N(CCNCC1CCCCC1)C(C)(C)C. The zero-order valence-electron chi connectivity index (χ0n) is 15.5. The number of hydrogen-bond acceptors (Lipinski definition) is 3. The summed E-state index contributed by atoms with van der Waals surface area (Å²) in [4.78, 5) is 14.2. The predicted molar refractivity (Wildman–Crippen MR) is 92.1 cm³/mol. The van der Waals surface area contributed by atoms with E-state index in [0.717, 1.165) is 19.0 Å². The normalized spacial score (nSPS) is 17.4. The number of carbonyl (C=O) groups excluding carboxylic acids is 1. The molecule has 1 rings (SSSR count). The van der Waals surface area contributed by atoms with Crippen LogP contribution < -0.4 is 5.32 Å². The third-order valence-corrected chi connectivity index (χ3v) is 4.09. The Morgan fingerprint density at radius 1 is 1.09 bits per heavy atom. The van der Waals surface area contributed by atoms with Crippen LogP contribution >= 0.6 is 0 Å². The minimum absolute atomic E-state index is 0.223. The maximum atomic E-state index is 12.4. The van der Waals surface area contributed by atoms with Crippen molar-refractivity contribution in [3.8, 4) is 0 Å². The quantitative estimate of drug-likeness (QED) is 0.774. The van der Waals surface area contributed by atoms with Crippen molar-refractivity contribution in [3.05, 3.63) is 0 Å². The lowest BCUT2D eigenvalue weighted by molar-refractivity contribution is 0.00659. The van der Waals surface area contributed by atoms with Crippen LogP contribution in [0.1, 0.15) is 73.6 Å². The van der Waals surface area contributed by atoms with E-state index in [1.165, 1.54) is 32.1 Å². The summed E-state index contributed by atoms with van der Waals surface area (Å²) < 4.78 is 5.53. The van der Waals surface area contributed by atoms with Crippen LogP contribution in [0.5, 0.6) is 0 Å². The Morgan fingerprint density at radius 2 is 1.68 bits per heavy atom. The highest BCUT2D eigenvalue weighted by Gasteiger charge is 2.30. The highest BCUT2D eigenvalue weighted by atomic mass is 16.6. The number of hydrogen-bond donors (Lipinski definition) is 1. The van der Waals surface area contributed by atoms with E-state index in [0.29, 0.717) is 6.54 Å². The third-order valence-electron chi connectivity index (χ3n) is 4.09. The summed E-state index contributed by atoms with van der Waals surface area (Å²) in [5.41, 5.74) is -0.676. The van der Waals surface area contributed by atoms with Gasteiger partial charge in [0.15, 0.2) is 0 Å². The minimum atomic E-state index is -0.448. The highest BCUT2D eigenvalue weighted by molar-refractivity contribution is 5.69. The van der Waals surface area contributed by atoms with E-state index in [2.05, 4.69) is 26.1 Å². The van der Waals surface area contributed by atoms with Gasteiger partial charge in [-0.3, -0.25) is 0 Å². The summed E-state index contributed by atoms with van der Waals surface area (Å²) in [5.74, 6) is 0.818. The van der Waals surface area contributed by atoms with Gasteiger partial charge in [-0.05, 0) is 66.8 Å². The zero-order valence-corrected chi connectivity index (χ0v) is 15.5. The number of ether oxygens (including phenoxy) is 1. The minimum Gasteiger partial charge on any atom is -0.444 e. The number of nitrogens with zero attached hydrogens (tertiary/aromatic N) is 1. The second-order valence-electron chi connectivity index (χ2n) is 8.51. The summed E-state index contributed by atoms with van der Waals surface area (Å²) >= 11 is 0. The molecule has 0 aromatic heterocycles. The molecule has 1 saturated carbocycles. The highest BCUT2D eigenvalue weighted by Crippen LogP contribution is 2.23. The van der Waals surface area contributed by atoms with Gasteiger partial charge in [0.25, 0.3) is 0 Å². The molecule has 1 N–H and O–H groups in total. The Labute approximate surface area is 137 Å². The zero-order chi connectivity index (χ0) is 16.8. The lowest BCUT2D eigenvalue weighted by Crippen LogP contribution is -2.50. The van der Waals surface area contributed by atoms with Crippen LogP contribution in [-0.4, -0.2) is 41.8 Å². The van der Waals surface area contributed by atoms with Gasteiger partial charge in [0.2, 0.25) is 0 Å². The molecule has 4 heteroatoms. The summed E-state index contributed by atoms with van der Waals surface area (Å²) in [6.07, 6.45) is 6.62. The van der Waals surface area contributed by atoms with Gasteiger partial charge in [-0.15, -0.1) is 0 Å². The van der Waals surface area contributed by atoms with Crippen molar-refractivity contribution in [2.45, 2.75) is 84.8 Å². The molecule has 0 aliphatic heterocycles. The Hall–Kier alpha value is -0.770. The molecule has 0 aromatic rings. The van der Waals surface area contributed by atoms with E-state index in [-0.39, 0.29) is 11.6 Å². The Balaban J connectivity index is 2.40. The molecule has 0 radical (unpaired) electrons. The number of carbonyl (C=O) groups is 1. The molecule has 1 aliphatic carbocycles. The van der Waals surface area contributed by atoms with Crippen LogP contribution in [0.2, 0.25) is 0 Å². The molecule has 0 atom stereocenters. The average molecular weight is 312 g/mol. The predicted octanol–water partition coefficient (Wildman–Crippen LogP) is 4.19. The molecule has 0 heterocycles. The molecular weight excluding hydrogens is 276 g/mol. The molecule has 0 aromatic carbocycles. The van der Waals surface area contributed by atoms with Gasteiger partial charge in [-0.2, -0.15) is 0 Å². The molecule has 0 spiro atoms.